The van der Waals surface area contributed by atoms with Crippen LogP contribution in [0.1, 0.15) is 0 Å². The molecule has 0 saturated carbocycles. The number of aromatic hydroxyl groups is 2. The molecule has 4 N–H and O–H groups in total. The molecule has 10 nitrogen and oxygen atoms in total. The third kappa shape index (κ3) is 3.94. The van der Waals surface area contributed by atoms with E-state index in [1.165, 1.54) is 24.3 Å². The second-order valence-corrected chi connectivity index (χ2v) is 8.46. The lowest BCUT2D eigenvalue weighted by Crippen LogP contribution is -1.97. The average Bonchev–Trinajstić information content (AvgIpc) is 2.60. The van der Waals surface area contributed by atoms with Crippen molar-refractivity contribution in [3.8, 4) is 11.5 Å². The van der Waals surface area contributed by atoms with Crippen molar-refractivity contribution in [2.24, 2.45) is 10.2 Å². The molecule has 146 valence electrons. The summed E-state index contributed by atoms with van der Waals surface area (Å²) < 4.78 is 63.1. The normalized spacial score (nSPS) is 12.6. The first-order chi connectivity index (χ1) is 13.0. The Morgan fingerprint density at radius 1 is 0.679 bits per heavy atom. The highest BCUT2D eigenvalue weighted by Gasteiger charge is 2.15. The highest BCUT2D eigenvalue weighted by Crippen LogP contribution is 2.38. The van der Waals surface area contributed by atoms with Crippen LogP contribution in [0.5, 0.6) is 11.5 Å². The van der Waals surface area contributed by atoms with Crippen LogP contribution in [0.25, 0.3) is 10.8 Å². The van der Waals surface area contributed by atoms with Gasteiger partial charge in [0.1, 0.15) is 22.9 Å². The predicted molar refractivity (Wildman–Crippen MR) is 97.5 cm³/mol. The Kier molecular flexibility index (Phi) is 4.81. The highest BCUT2D eigenvalue weighted by atomic mass is 32.2. The molecule has 3 aromatic carbocycles. The van der Waals surface area contributed by atoms with E-state index >= 15 is 0 Å². The molecule has 0 heterocycles. The molecule has 0 amide bonds. The summed E-state index contributed by atoms with van der Waals surface area (Å²) in [5.41, 5.74) is -0.378. The molecule has 0 aliphatic heterocycles. The minimum Gasteiger partial charge on any atom is -0.506 e. The van der Waals surface area contributed by atoms with Crippen LogP contribution in [0.4, 0.5) is 11.4 Å². The van der Waals surface area contributed by atoms with Crippen LogP contribution in [-0.4, -0.2) is 36.2 Å². The van der Waals surface area contributed by atoms with Crippen molar-refractivity contribution in [3.63, 3.8) is 0 Å². The fourth-order valence-electron chi connectivity index (χ4n) is 2.39. The van der Waals surface area contributed by atoms with E-state index in [0.717, 1.165) is 24.3 Å². The van der Waals surface area contributed by atoms with Crippen molar-refractivity contribution in [1.82, 2.24) is 0 Å². The van der Waals surface area contributed by atoms with Gasteiger partial charge in [-0.2, -0.15) is 16.8 Å². The van der Waals surface area contributed by atoms with E-state index in [4.69, 9.17) is 9.11 Å². The van der Waals surface area contributed by atoms with Crippen molar-refractivity contribution in [2.75, 3.05) is 0 Å². The van der Waals surface area contributed by atoms with Gasteiger partial charge in [0.25, 0.3) is 20.2 Å². The van der Waals surface area contributed by atoms with Crippen molar-refractivity contribution >= 4 is 42.4 Å². The third-order valence-corrected chi connectivity index (χ3v) is 5.44. The maximum absolute atomic E-state index is 11.3. The van der Waals surface area contributed by atoms with Crippen LogP contribution in [-0.2, 0) is 20.2 Å². The Labute approximate surface area is 158 Å². The summed E-state index contributed by atoms with van der Waals surface area (Å²) in [4.78, 5) is -0.869. The smallest absolute Gasteiger partial charge is 0.294 e. The number of phenols is 2. The molecule has 28 heavy (non-hydrogen) atoms. The lowest BCUT2D eigenvalue weighted by atomic mass is 10.1. The summed E-state index contributed by atoms with van der Waals surface area (Å²) in [6.07, 6.45) is 0. The molecule has 0 unspecified atom stereocenters. The molecule has 0 saturated heterocycles. The highest BCUT2D eigenvalue weighted by molar-refractivity contribution is 7.86. The van der Waals surface area contributed by atoms with Crippen molar-refractivity contribution < 1.29 is 36.2 Å². The summed E-state index contributed by atoms with van der Waals surface area (Å²) >= 11 is 0. The van der Waals surface area contributed by atoms with E-state index in [9.17, 15) is 27.0 Å². The Bertz CT molecular complexity index is 1330. The number of benzene rings is 3. The number of hydrogen-bond donors (Lipinski definition) is 4. The molecule has 0 aliphatic carbocycles. The zero-order valence-corrected chi connectivity index (χ0v) is 15.4. The molecular weight excluding hydrogens is 412 g/mol. The molecule has 0 bridgehead atoms. The monoisotopic (exact) mass is 424 g/mol. The fourth-order valence-corrected chi connectivity index (χ4v) is 3.41. The molecule has 3 rings (SSSR count). The molecule has 0 fully saturated rings. The Hall–Kier alpha value is -3.06. The van der Waals surface area contributed by atoms with E-state index in [0.29, 0.717) is 5.39 Å². The predicted octanol–water partition coefficient (Wildman–Crippen LogP) is 3.16. The van der Waals surface area contributed by atoms with Crippen molar-refractivity contribution in [3.05, 3.63) is 48.5 Å². The summed E-state index contributed by atoms with van der Waals surface area (Å²) in [5, 5.41) is 28.0. The van der Waals surface area contributed by atoms with E-state index in [1.54, 1.807) is 0 Å². The topological polar surface area (TPSA) is 174 Å². The molecule has 0 radical (unpaired) electrons. The first-order valence-electron chi connectivity index (χ1n) is 7.42. The zero-order valence-electron chi connectivity index (χ0n) is 13.8. The maximum Gasteiger partial charge on any atom is 0.294 e. The van der Waals surface area contributed by atoms with E-state index in [1.807, 2.05) is 0 Å². The molecular formula is C16H12N2O8S2. The summed E-state index contributed by atoms with van der Waals surface area (Å²) in [5.74, 6) is -0.745. The van der Waals surface area contributed by atoms with Crippen LogP contribution in [0.3, 0.4) is 0 Å². The zero-order chi connectivity index (χ0) is 20.7. The van der Waals surface area contributed by atoms with Crippen molar-refractivity contribution in [1.29, 1.82) is 0 Å². The van der Waals surface area contributed by atoms with Gasteiger partial charge in [-0.15, -0.1) is 10.2 Å². The first-order valence-corrected chi connectivity index (χ1v) is 10.3. The molecule has 0 aliphatic rings. The van der Waals surface area contributed by atoms with Gasteiger partial charge in [-0.25, -0.2) is 0 Å². The Morgan fingerprint density at radius 3 is 1.89 bits per heavy atom. The summed E-state index contributed by atoms with van der Waals surface area (Å²) in [7, 11) is -8.96. The minimum atomic E-state index is -4.53. The van der Waals surface area contributed by atoms with Crippen molar-refractivity contribution in [2.45, 2.75) is 9.79 Å². The molecule has 12 heteroatoms. The third-order valence-electron chi connectivity index (χ3n) is 3.74. The Morgan fingerprint density at radius 2 is 1.25 bits per heavy atom. The van der Waals surface area contributed by atoms with Gasteiger partial charge in [0.2, 0.25) is 0 Å². The minimum absolute atomic E-state index is 0.0870. The van der Waals surface area contributed by atoms with Gasteiger partial charge in [0, 0.05) is 5.39 Å². The average molecular weight is 424 g/mol. The van der Waals surface area contributed by atoms with E-state index in [2.05, 4.69) is 10.2 Å². The molecule has 0 atom stereocenters. The second-order valence-electron chi connectivity index (χ2n) is 5.62. The number of nitrogens with zero attached hydrogens (tertiary/aromatic N) is 2. The summed E-state index contributed by atoms with van der Waals surface area (Å²) in [6.45, 7) is 0. The first kappa shape index (κ1) is 19.7. The fraction of sp³-hybridized carbons (Fsp3) is 0. The lowest BCUT2D eigenvalue weighted by Gasteiger charge is -2.06. The van der Waals surface area contributed by atoms with E-state index in [-0.39, 0.29) is 27.4 Å². The van der Waals surface area contributed by atoms with Gasteiger partial charge < -0.3 is 10.2 Å². The van der Waals surface area contributed by atoms with Crippen LogP contribution >= 0.6 is 0 Å². The SMILES string of the molecule is O=S(=O)(O)c1ccc(O)c(N=Nc2c(O)ccc3cc(S(=O)(=O)O)ccc23)c1. The number of fused-ring (bicyclic) bond motifs is 1. The molecule has 0 aromatic heterocycles. The molecule has 3 aromatic rings. The largest absolute Gasteiger partial charge is 0.506 e. The number of hydrogen-bond acceptors (Lipinski definition) is 8. The van der Waals surface area contributed by atoms with Gasteiger partial charge in [0.05, 0.1) is 9.79 Å². The Balaban J connectivity index is 2.13. The number of rotatable bonds is 4. The number of phenolic OH excluding ortho intramolecular Hbond substituents is 2. The standard InChI is InChI=1S/C16H12N2O8S2/c19-14-6-3-11(28(24,25)26)8-13(14)17-18-16-12-4-2-10(27(21,22)23)7-9(12)1-5-15(16)20/h1-8,19-20H,(H,21,22,23)(H,24,25,26). The van der Waals surface area contributed by atoms with Gasteiger partial charge in [-0.05, 0) is 41.8 Å². The maximum atomic E-state index is 11.3. The van der Waals surface area contributed by atoms with Gasteiger partial charge >= 0.3 is 0 Å². The van der Waals surface area contributed by atoms with Gasteiger partial charge in [0.15, 0.2) is 0 Å². The number of azo groups is 1. The van der Waals surface area contributed by atoms with Crippen LogP contribution in [0.15, 0.2) is 68.6 Å². The lowest BCUT2D eigenvalue weighted by molar-refractivity contribution is 0.472. The van der Waals surface area contributed by atoms with Gasteiger partial charge in [-0.1, -0.05) is 12.1 Å². The molecule has 0 spiro atoms. The summed E-state index contributed by atoms with van der Waals surface area (Å²) in [6, 6.07) is 9.03. The van der Waals surface area contributed by atoms with Crippen LogP contribution < -0.4 is 0 Å². The van der Waals surface area contributed by atoms with Crippen LogP contribution in [0, 0.1) is 0 Å². The quantitative estimate of drug-likeness (QED) is 0.365. The van der Waals surface area contributed by atoms with Gasteiger partial charge in [-0.3, -0.25) is 9.11 Å². The van der Waals surface area contributed by atoms with E-state index < -0.39 is 30.9 Å². The van der Waals surface area contributed by atoms with Crippen LogP contribution in [0.2, 0.25) is 0 Å². The second kappa shape index (κ2) is 6.83.